The van der Waals surface area contributed by atoms with E-state index in [4.69, 9.17) is 5.26 Å². The van der Waals surface area contributed by atoms with Crippen molar-refractivity contribution in [2.45, 2.75) is 31.2 Å². The Morgan fingerprint density at radius 1 is 1.53 bits per heavy atom. The SMILES string of the molecule is Cc1cc(F)c(Br)cc1S(=O)(=O)N(C)[C@@H](C)CC#N. The van der Waals surface area contributed by atoms with E-state index in [2.05, 4.69) is 15.9 Å². The van der Waals surface area contributed by atoms with Gasteiger partial charge in [0.25, 0.3) is 0 Å². The molecule has 0 heterocycles. The minimum absolute atomic E-state index is 0.0352. The number of nitriles is 1. The highest BCUT2D eigenvalue weighted by Gasteiger charge is 2.27. The van der Waals surface area contributed by atoms with E-state index in [1.807, 2.05) is 6.07 Å². The molecular weight excluding hydrogens is 335 g/mol. The Morgan fingerprint density at radius 3 is 2.63 bits per heavy atom. The molecule has 1 aromatic rings. The molecule has 1 atom stereocenters. The average molecular weight is 349 g/mol. The molecule has 1 rings (SSSR count). The Kier molecular flexibility index (Phi) is 5.07. The Bertz CT molecular complexity index is 625. The second-order valence-electron chi connectivity index (χ2n) is 4.26. The summed E-state index contributed by atoms with van der Waals surface area (Å²) >= 11 is 2.98. The van der Waals surface area contributed by atoms with Crippen molar-refractivity contribution in [1.82, 2.24) is 4.31 Å². The van der Waals surface area contributed by atoms with E-state index < -0.39 is 21.9 Å². The summed E-state index contributed by atoms with van der Waals surface area (Å²) in [5, 5.41) is 8.63. The van der Waals surface area contributed by atoms with Crippen molar-refractivity contribution in [2.75, 3.05) is 7.05 Å². The molecule has 0 saturated heterocycles. The molecule has 7 heteroatoms. The first kappa shape index (κ1) is 16.1. The Morgan fingerprint density at radius 2 is 2.11 bits per heavy atom. The highest BCUT2D eigenvalue weighted by atomic mass is 79.9. The topological polar surface area (TPSA) is 61.2 Å². The third kappa shape index (κ3) is 3.32. The van der Waals surface area contributed by atoms with Crippen LogP contribution in [0.3, 0.4) is 0 Å². The van der Waals surface area contributed by atoms with Crippen LogP contribution in [0, 0.1) is 24.1 Å². The fraction of sp³-hybridized carbons (Fsp3) is 0.417. The van der Waals surface area contributed by atoms with E-state index in [9.17, 15) is 12.8 Å². The largest absolute Gasteiger partial charge is 0.243 e. The molecule has 0 aliphatic carbocycles. The highest BCUT2D eigenvalue weighted by Crippen LogP contribution is 2.27. The van der Waals surface area contributed by atoms with E-state index in [-0.39, 0.29) is 15.8 Å². The maximum absolute atomic E-state index is 13.3. The second-order valence-corrected chi connectivity index (χ2v) is 7.08. The lowest BCUT2D eigenvalue weighted by atomic mass is 10.2. The van der Waals surface area contributed by atoms with Crippen molar-refractivity contribution in [1.29, 1.82) is 5.26 Å². The molecule has 19 heavy (non-hydrogen) atoms. The molecule has 1 aromatic carbocycles. The summed E-state index contributed by atoms with van der Waals surface area (Å²) in [7, 11) is -2.33. The van der Waals surface area contributed by atoms with Crippen LogP contribution >= 0.6 is 15.9 Å². The Labute approximate surface area is 121 Å². The van der Waals surface area contributed by atoms with E-state index in [0.29, 0.717) is 5.56 Å². The lowest BCUT2D eigenvalue weighted by Crippen LogP contribution is -2.35. The molecule has 0 unspecified atom stereocenters. The molecule has 0 aliphatic heterocycles. The first-order valence-electron chi connectivity index (χ1n) is 5.52. The first-order chi connectivity index (χ1) is 8.71. The number of sulfonamides is 1. The van der Waals surface area contributed by atoms with Crippen molar-refractivity contribution in [2.24, 2.45) is 0 Å². The summed E-state index contributed by atoms with van der Waals surface area (Å²) in [6.45, 7) is 3.18. The summed E-state index contributed by atoms with van der Waals surface area (Å²) in [4.78, 5) is 0.0352. The van der Waals surface area contributed by atoms with Gasteiger partial charge in [-0.1, -0.05) is 0 Å². The van der Waals surface area contributed by atoms with E-state index >= 15 is 0 Å². The van der Waals surface area contributed by atoms with Crippen molar-refractivity contribution >= 4 is 26.0 Å². The zero-order chi connectivity index (χ0) is 14.8. The minimum Gasteiger partial charge on any atom is -0.207 e. The predicted molar refractivity (Wildman–Crippen MR) is 73.5 cm³/mol. The quantitative estimate of drug-likeness (QED) is 0.840. The van der Waals surface area contributed by atoms with E-state index in [0.717, 1.165) is 4.31 Å². The number of aryl methyl sites for hydroxylation is 1. The number of hydrogen-bond acceptors (Lipinski definition) is 3. The number of benzene rings is 1. The molecular formula is C12H14BrFN2O2S. The molecule has 0 fully saturated rings. The smallest absolute Gasteiger partial charge is 0.207 e. The van der Waals surface area contributed by atoms with Crippen molar-refractivity contribution in [3.63, 3.8) is 0 Å². The standard InChI is InChI=1S/C12H14BrFN2O2S/c1-8-6-11(14)10(13)7-12(8)19(17,18)16(3)9(2)4-5-15/h6-7,9H,4H2,1-3H3/t9-/m0/s1. The lowest BCUT2D eigenvalue weighted by molar-refractivity contribution is 0.393. The van der Waals surface area contributed by atoms with Crippen LogP contribution in [0.2, 0.25) is 0 Å². The molecule has 0 aliphatic rings. The maximum Gasteiger partial charge on any atom is 0.243 e. The molecule has 104 valence electrons. The summed E-state index contributed by atoms with van der Waals surface area (Å²) in [5.41, 5.74) is 0.330. The molecule has 0 aromatic heterocycles. The van der Waals surface area contributed by atoms with Crippen LogP contribution in [0.5, 0.6) is 0 Å². The molecule has 0 spiro atoms. The summed E-state index contributed by atoms with van der Waals surface area (Å²) in [6, 6.07) is 3.90. The number of halogens is 2. The van der Waals surface area contributed by atoms with Crippen molar-refractivity contribution in [3.8, 4) is 6.07 Å². The van der Waals surface area contributed by atoms with Crippen molar-refractivity contribution in [3.05, 3.63) is 28.0 Å². The second kappa shape index (κ2) is 5.99. The van der Waals surface area contributed by atoms with Gasteiger partial charge < -0.3 is 0 Å². The summed E-state index contributed by atoms with van der Waals surface area (Å²) < 4.78 is 39.4. The zero-order valence-electron chi connectivity index (χ0n) is 10.8. The fourth-order valence-corrected chi connectivity index (χ4v) is 3.64. The normalized spacial score (nSPS) is 13.3. The van der Waals surface area contributed by atoms with Gasteiger partial charge in [-0.25, -0.2) is 12.8 Å². The number of hydrogen-bond donors (Lipinski definition) is 0. The first-order valence-corrected chi connectivity index (χ1v) is 7.75. The van der Waals surface area contributed by atoms with Gasteiger partial charge in [0.15, 0.2) is 0 Å². The van der Waals surface area contributed by atoms with Crippen LogP contribution in [-0.2, 0) is 10.0 Å². The monoisotopic (exact) mass is 348 g/mol. The number of rotatable bonds is 4. The van der Waals surface area contributed by atoms with Gasteiger partial charge in [0.1, 0.15) is 5.82 Å². The lowest BCUT2D eigenvalue weighted by Gasteiger charge is -2.23. The highest BCUT2D eigenvalue weighted by molar-refractivity contribution is 9.10. The van der Waals surface area contributed by atoms with Gasteiger partial charge in [0, 0.05) is 13.1 Å². The molecule has 0 bridgehead atoms. The molecule has 0 radical (unpaired) electrons. The fourth-order valence-electron chi connectivity index (χ4n) is 1.56. The third-order valence-corrected chi connectivity index (χ3v) is 5.60. The van der Waals surface area contributed by atoms with Gasteiger partial charge in [-0.05, 0) is 47.5 Å². The van der Waals surface area contributed by atoms with Crippen LogP contribution < -0.4 is 0 Å². The minimum atomic E-state index is -3.74. The van der Waals surface area contributed by atoms with Crippen LogP contribution in [0.4, 0.5) is 4.39 Å². The van der Waals surface area contributed by atoms with Gasteiger partial charge in [0.2, 0.25) is 10.0 Å². The van der Waals surface area contributed by atoms with Gasteiger partial charge in [0.05, 0.1) is 21.9 Å². The molecule has 4 nitrogen and oxygen atoms in total. The van der Waals surface area contributed by atoms with Crippen LogP contribution in [0.1, 0.15) is 18.9 Å². The van der Waals surface area contributed by atoms with Crippen LogP contribution in [0.25, 0.3) is 0 Å². The van der Waals surface area contributed by atoms with Gasteiger partial charge in [-0.15, -0.1) is 0 Å². The molecule has 0 saturated carbocycles. The van der Waals surface area contributed by atoms with E-state index in [1.165, 1.54) is 26.1 Å². The van der Waals surface area contributed by atoms with Crippen LogP contribution in [0.15, 0.2) is 21.5 Å². The zero-order valence-corrected chi connectivity index (χ0v) is 13.2. The molecule has 0 amide bonds. The molecule has 0 N–H and O–H groups in total. The summed E-state index contributed by atoms with van der Waals surface area (Å²) in [6.07, 6.45) is 0.0944. The summed E-state index contributed by atoms with van der Waals surface area (Å²) in [5.74, 6) is -0.510. The Balaban J connectivity index is 3.29. The van der Waals surface area contributed by atoms with Crippen LogP contribution in [-0.4, -0.2) is 25.8 Å². The third-order valence-electron chi connectivity index (χ3n) is 2.88. The van der Waals surface area contributed by atoms with Gasteiger partial charge in [-0.3, -0.25) is 0 Å². The van der Waals surface area contributed by atoms with E-state index in [1.54, 1.807) is 6.92 Å². The predicted octanol–water partition coefficient (Wildman–Crippen LogP) is 2.82. The van der Waals surface area contributed by atoms with Gasteiger partial charge in [-0.2, -0.15) is 9.57 Å². The Hall–Kier alpha value is -0.970. The number of nitrogens with zero attached hydrogens (tertiary/aromatic N) is 2. The van der Waals surface area contributed by atoms with Crippen molar-refractivity contribution < 1.29 is 12.8 Å². The average Bonchev–Trinajstić information content (AvgIpc) is 2.32. The van der Waals surface area contributed by atoms with Gasteiger partial charge >= 0.3 is 0 Å². The maximum atomic E-state index is 13.3.